The minimum Gasteiger partial charge on any atom is -0.342 e. The maximum Gasteiger partial charge on any atom is 0.145 e. The highest BCUT2D eigenvalue weighted by Gasteiger charge is 2.20. The van der Waals surface area contributed by atoms with E-state index in [0.29, 0.717) is 24.7 Å². The van der Waals surface area contributed by atoms with Crippen molar-refractivity contribution in [1.29, 1.82) is 0 Å². The topological polar surface area (TPSA) is 78.5 Å². The Morgan fingerprint density at radius 1 is 0.923 bits per heavy atom. The molecule has 6 nitrogen and oxygen atoms in total. The Bertz CT molecular complexity index is 1450. The van der Waals surface area contributed by atoms with Gasteiger partial charge in [-0.25, -0.2) is 9.37 Å². The molecule has 0 amide bonds. The molecule has 0 bridgehead atoms. The van der Waals surface area contributed by atoms with Gasteiger partial charge in [-0.2, -0.15) is 0 Å². The zero-order valence-electron chi connectivity index (χ0n) is 22.3. The number of fused-ring (bicyclic) bond motifs is 2. The van der Waals surface area contributed by atoms with Gasteiger partial charge < -0.3 is 15.6 Å². The summed E-state index contributed by atoms with van der Waals surface area (Å²) < 4.78 is 13.6. The van der Waals surface area contributed by atoms with Gasteiger partial charge in [0.1, 0.15) is 11.6 Å². The molecular weight excluding hydrogens is 487 g/mol. The maximum absolute atomic E-state index is 13.6. The number of halogens is 1. The molecule has 0 aliphatic heterocycles. The molecule has 200 valence electrons. The second kappa shape index (κ2) is 13.2. The highest BCUT2D eigenvalue weighted by molar-refractivity contribution is 5.74. The molecule has 0 spiro atoms. The van der Waals surface area contributed by atoms with E-state index in [4.69, 9.17) is 0 Å². The van der Waals surface area contributed by atoms with Gasteiger partial charge in [-0.05, 0) is 60.2 Å². The van der Waals surface area contributed by atoms with Crippen LogP contribution in [-0.2, 0) is 32.5 Å². The highest BCUT2D eigenvalue weighted by atomic mass is 19.1. The van der Waals surface area contributed by atoms with Crippen molar-refractivity contribution < 1.29 is 4.39 Å². The van der Waals surface area contributed by atoms with Gasteiger partial charge in [0.15, 0.2) is 0 Å². The Balaban J connectivity index is 0.000000233. The highest BCUT2D eigenvalue weighted by Crippen LogP contribution is 2.27. The summed E-state index contributed by atoms with van der Waals surface area (Å²) in [5.74, 6) is 0.793. The number of rotatable bonds is 8. The third kappa shape index (κ3) is 7.13. The van der Waals surface area contributed by atoms with Crippen molar-refractivity contribution in [3.8, 4) is 0 Å². The van der Waals surface area contributed by atoms with Crippen LogP contribution in [0, 0.1) is 5.82 Å². The van der Waals surface area contributed by atoms with Gasteiger partial charge in [-0.15, -0.1) is 0 Å². The second-order valence-electron chi connectivity index (χ2n) is 9.81. The summed E-state index contributed by atoms with van der Waals surface area (Å²) in [6.07, 6.45) is 9.19. The van der Waals surface area contributed by atoms with Crippen LogP contribution in [0.4, 0.5) is 4.39 Å². The lowest BCUT2D eigenvalue weighted by atomic mass is 9.92. The van der Waals surface area contributed by atoms with Crippen molar-refractivity contribution in [2.24, 2.45) is 0 Å². The number of nitrogens with one attached hydrogen (secondary N) is 3. The summed E-state index contributed by atoms with van der Waals surface area (Å²) in [4.78, 5) is 16.0. The molecule has 5 aromatic rings. The monoisotopic (exact) mass is 522 g/mol. The summed E-state index contributed by atoms with van der Waals surface area (Å²) in [6.45, 7) is 4.12. The lowest BCUT2D eigenvalue weighted by Crippen LogP contribution is -2.25. The SMILES string of the molecule is CCc1nc2ccccc2[nH]1.Fc1cnccc1CNCc1ccc(CNC2CCCc3cccnc32)cc1. The number of hydrogen-bond donors (Lipinski definition) is 3. The summed E-state index contributed by atoms with van der Waals surface area (Å²) >= 11 is 0. The molecule has 1 aliphatic rings. The van der Waals surface area contributed by atoms with E-state index in [1.807, 2.05) is 36.5 Å². The van der Waals surface area contributed by atoms with Crippen LogP contribution in [0.2, 0.25) is 0 Å². The number of aromatic nitrogens is 4. The fourth-order valence-electron chi connectivity index (χ4n) is 4.89. The molecule has 1 atom stereocenters. The predicted molar refractivity (Wildman–Crippen MR) is 153 cm³/mol. The number of imidazole rings is 1. The van der Waals surface area contributed by atoms with Gasteiger partial charge in [-0.1, -0.05) is 49.4 Å². The van der Waals surface area contributed by atoms with E-state index in [9.17, 15) is 4.39 Å². The van der Waals surface area contributed by atoms with E-state index in [1.165, 1.54) is 35.0 Å². The van der Waals surface area contributed by atoms with Crippen LogP contribution in [0.15, 0.2) is 85.3 Å². The summed E-state index contributed by atoms with van der Waals surface area (Å²) in [6, 6.07) is 22.9. The summed E-state index contributed by atoms with van der Waals surface area (Å²) in [5, 5.41) is 6.94. The number of aromatic amines is 1. The Morgan fingerprint density at radius 2 is 1.74 bits per heavy atom. The van der Waals surface area contributed by atoms with Crippen LogP contribution in [0.3, 0.4) is 0 Å². The first-order valence-electron chi connectivity index (χ1n) is 13.7. The number of benzene rings is 2. The molecular formula is C32H35FN6. The minimum atomic E-state index is -0.268. The van der Waals surface area contributed by atoms with E-state index >= 15 is 0 Å². The molecule has 7 heteroatoms. The Kier molecular flexibility index (Phi) is 9.04. The summed E-state index contributed by atoms with van der Waals surface area (Å²) in [5.41, 5.74) is 7.84. The van der Waals surface area contributed by atoms with Crippen LogP contribution in [0.25, 0.3) is 11.0 Å². The molecule has 6 rings (SSSR count). The first-order chi connectivity index (χ1) is 19.2. The first-order valence-corrected chi connectivity index (χ1v) is 13.7. The number of pyridine rings is 2. The van der Waals surface area contributed by atoms with Crippen molar-refractivity contribution in [2.75, 3.05) is 0 Å². The molecule has 3 aromatic heterocycles. The van der Waals surface area contributed by atoms with E-state index in [1.54, 1.807) is 12.3 Å². The molecule has 39 heavy (non-hydrogen) atoms. The minimum absolute atomic E-state index is 0.268. The number of nitrogens with zero attached hydrogens (tertiary/aromatic N) is 3. The predicted octanol–water partition coefficient (Wildman–Crippen LogP) is 6.20. The second-order valence-corrected chi connectivity index (χ2v) is 9.81. The molecule has 0 saturated carbocycles. The van der Waals surface area contributed by atoms with Gasteiger partial charge in [-0.3, -0.25) is 9.97 Å². The molecule has 0 fully saturated rings. The van der Waals surface area contributed by atoms with Gasteiger partial charge in [0.2, 0.25) is 0 Å². The number of H-pyrrole nitrogens is 1. The van der Waals surface area contributed by atoms with Crippen LogP contribution >= 0.6 is 0 Å². The third-order valence-electron chi connectivity index (χ3n) is 7.04. The van der Waals surface area contributed by atoms with Crippen molar-refractivity contribution in [3.05, 3.63) is 125 Å². The molecule has 2 aromatic carbocycles. The van der Waals surface area contributed by atoms with Gasteiger partial charge in [0.25, 0.3) is 0 Å². The van der Waals surface area contributed by atoms with Crippen LogP contribution in [0.5, 0.6) is 0 Å². The first kappa shape index (κ1) is 26.7. The van der Waals surface area contributed by atoms with Crippen molar-refractivity contribution in [3.63, 3.8) is 0 Å². The Hall–Kier alpha value is -3.94. The van der Waals surface area contributed by atoms with E-state index in [0.717, 1.165) is 42.7 Å². The van der Waals surface area contributed by atoms with Crippen LogP contribution < -0.4 is 10.6 Å². The average Bonchev–Trinajstić information content (AvgIpc) is 3.42. The third-order valence-corrected chi connectivity index (χ3v) is 7.04. The van der Waals surface area contributed by atoms with Gasteiger partial charge in [0, 0.05) is 44.0 Å². The molecule has 1 unspecified atom stereocenters. The Labute approximate surface area is 229 Å². The molecule has 0 radical (unpaired) electrons. The van der Waals surface area contributed by atoms with E-state index in [2.05, 4.69) is 67.8 Å². The standard InChI is InChI=1S/C23H25FN4.C9H10N2/c24-21-16-25-12-10-20(21)15-26-13-17-6-8-18(9-7-17)14-28-22-5-1-3-19-4-2-11-27-23(19)22;1-2-9-10-7-5-3-4-6-8(7)11-9/h2,4,6-12,16,22,26,28H,1,3,5,13-15H2;3-6H,2H2,1H3,(H,10,11). The lowest BCUT2D eigenvalue weighted by Gasteiger charge is -2.25. The quantitative estimate of drug-likeness (QED) is 0.226. The molecule has 3 heterocycles. The number of para-hydroxylation sites is 2. The van der Waals surface area contributed by atoms with Crippen molar-refractivity contribution >= 4 is 11.0 Å². The largest absolute Gasteiger partial charge is 0.342 e. The normalized spacial score (nSPS) is 14.5. The lowest BCUT2D eigenvalue weighted by molar-refractivity contribution is 0.447. The molecule has 0 saturated heterocycles. The molecule has 1 aliphatic carbocycles. The smallest absolute Gasteiger partial charge is 0.145 e. The fourth-order valence-corrected chi connectivity index (χ4v) is 4.89. The molecule has 3 N–H and O–H groups in total. The van der Waals surface area contributed by atoms with E-state index in [-0.39, 0.29) is 5.82 Å². The zero-order chi connectivity index (χ0) is 26.9. The van der Waals surface area contributed by atoms with Crippen LogP contribution in [0.1, 0.15) is 59.6 Å². The number of aryl methyl sites for hydroxylation is 2. The Morgan fingerprint density at radius 3 is 2.54 bits per heavy atom. The average molecular weight is 523 g/mol. The number of hydrogen-bond acceptors (Lipinski definition) is 5. The summed E-state index contributed by atoms with van der Waals surface area (Å²) in [7, 11) is 0. The van der Waals surface area contributed by atoms with Crippen LogP contribution in [-0.4, -0.2) is 19.9 Å². The zero-order valence-corrected chi connectivity index (χ0v) is 22.3. The van der Waals surface area contributed by atoms with Crippen molar-refractivity contribution in [2.45, 2.75) is 58.3 Å². The van der Waals surface area contributed by atoms with Gasteiger partial charge in [0.05, 0.1) is 29.0 Å². The van der Waals surface area contributed by atoms with E-state index < -0.39 is 0 Å². The van der Waals surface area contributed by atoms with Crippen molar-refractivity contribution in [1.82, 2.24) is 30.6 Å². The fraction of sp³-hybridized carbons (Fsp3) is 0.281. The van der Waals surface area contributed by atoms with Gasteiger partial charge >= 0.3 is 0 Å². The maximum atomic E-state index is 13.6.